The molecule has 0 aliphatic carbocycles. The fraction of sp³-hybridized carbons (Fsp3) is 0.833. The van der Waals surface area contributed by atoms with Crippen molar-refractivity contribution in [2.75, 3.05) is 0 Å². The van der Waals surface area contributed by atoms with Crippen molar-refractivity contribution < 1.29 is 9.59 Å². The van der Waals surface area contributed by atoms with E-state index in [1.165, 1.54) is 0 Å². The molecule has 1 atom stereocenters. The predicted molar refractivity (Wildman–Crippen MR) is 61.7 cm³/mol. The number of unbranched alkanes of at least 4 members (excludes halogenated alkanes) is 2. The number of rotatable bonds is 9. The Hall–Kier alpha value is -0.700. The molecule has 88 valence electrons. The quantitative estimate of drug-likeness (QED) is 0.597. The molecule has 3 heteroatoms. The third kappa shape index (κ3) is 7.25. The van der Waals surface area contributed by atoms with Gasteiger partial charge in [-0.15, -0.1) is 0 Å². The van der Waals surface area contributed by atoms with Gasteiger partial charge in [-0.3, -0.25) is 9.59 Å². The minimum Gasteiger partial charge on any atom is -0.322 e. The Labute approximate surface area is 92.4 Å². The summed E-state index contributed by atoms with van der Waals surface area (Å²) in [7, 11) is 0. The molecule has 3 nitrogen and oxygen atoms in total. The standard InChI is InChI=1S/C12H23NO2/c1-3-10(14)8-6-5-7-9-11(13)12(15)4-2/h11H,3-9,13H2,1-2H3. The molecule has 0 spiro atoms. The number of hydrogen-bond donors (Lipinski definition) is 1. The van der Waals surface area contributed by atoms with E-state index in [0.717, 1.165) is 25.7 Å². The Morgan fingerprint density at radius 1 is 1.07 bits per heavy atom. The van der Waals surface area contributed by atoms with Crippen LogP contribution in [0.25, 0.3) is 0 Å². The maximum atomic E-state index is 11.2. The molecule has 0 saturated carbocycles. The summed E-state index contributed by atoms with van der Waals surface area (Å²) in [5, 5.41) is 0. The zero-order valence-corrected chi connectivity index (χ0v) is 9.92. The largest absolute Gasteiger partial charge is 0.322 e. The highest BCUT2D eigenvalue weighted by Gasteiger charge is 2.10. The van der Waals surface area contributed by atoms with Crippen LogP contribution >= 0.6 is 0 Å². The Balaban J connectivity index is 3.38. The molecule has 0 aliphatic rings. The van der Waals surface area contributed by atoms with Crippen LogP contribution < -0.4 is 5.73 Å². The first-order valence-corrected chi connectivity index (χ1v) is 5.91. The number of Topliss-reactive ketones (excluding diaryl/α,β-unsaturated/α-hetero) is 2. The van der Waals surface area contributed by atoms with Crippen molar-refractivity contribution >= 4 is 11.6 Å². The van der Waals surface area contributed by atoms with E-state index in [-0.39, 0.29) is 11.8 Å². The van der Waals surface area contributed by atoms with Gasteiger partial charge in [-0.2, -0.15) is 0 Å². The van der Waals surface area contributed by atoms with Crippen molar-refractivity contribution in [1.82, 2.24) is 0 Å². The molecule has 0 aliphatic heterocycles. The Morgan fingerprint density at radius 2 is 1.73 bits per heavy atom. The van der Waals surface area contributed by atoms with E-state index in [2.05, 4.69) is 0 Å². The van der Waals surface area contributed by atoms with Gasteiger partial charge in [0.15, 0.2) is 0 Å². The molecule has 0 radical (unpaired) electrons. The average molecular weight is 213 g/mol. The van der Waals surface area contributed by atoms with E-state index < -0.39 is 0 Å². The lowest BCUT2D eigenvalue weighted by molar-refractivity contribution is -0.120. The second-order valence-corrected chi connectivity index (χ2v) is 3.92. The van der Waals surface area contributed by atoms with Gasteiger partial charge in [-0.25, -0.2) is 0 Å². The molecule has 0 saturated heterocycles. The highest BCUT2D eigenvalue weighted by atomic mass is 16.1. The van der Waals surface area contributed by atoms with Gasteiger partial charge in [0.2, 0.25) is 0 Å². The van der Waals surface area contributed by atoms with Gasteiger partial charge in [0.1, 0.15) is 11.6 Å². The summed E-state index contributed by atoms with van der Waals surface area (Å²) in [5.74, 6) is 0.462. The van der Waals surface area contributed by atoms with Crippen molar-refractivity contribution in [2.45, 2.75) is 64.8 Å². The zero-order chi connectivity index (χ0) is 11.7. The van der Waals surface area contributed by atoms with E-state index in [1.54, 1.807) is 0 Å². The van der Waals surface area contributed by atoms with Crippen molar-refractivity contribution in [2.24, 2.45) is 5.73 Å². The number of ketones is 2. The molecule has 2 N–H and O–H groups in total. The van der Waals surface area contributed by atoms with E-state index in [0.29, 0.717) is 25.0 Å². The smallest absolute Gasteiger partial charge is 0.149 e. The molecule has 0 fully saturated rings. The normalized spacial score (nSPS) is 12.5. The monoisotopic (exact) mass is 213 g/mol. The number of carbonyl (C=O) groups is 2. The summed E-state index contributed by atoms with van der Waals surface area (Å²) in [5.41, 5.74) is 5.68. The van der Waals surface area contributed by atoms with Crippen LogP contribution in [0.5, 0.6) is 0 Å². The van der Waals surface area contributed by atoms with Gasteiger partial charge in [-0.1, -0.05) is 26.7 Å². The number of nitrogens with two attached hydrogens (primary N) is 1. The highest BCUT2D eigenvalue weighted by molar-refractivity contribution is 5.83. The summed E-state index contributed by atoms with van der Waals surface area (Å²) < 4.78 is 0. The van der Waals surface area contributed by atoms with Crippen LogP contribution in [-0.4, -0.2) is 17.6 Å². The molecule has 0 amide bonds. The van der Waals surface area contributed by atoms with E-state index in [9.17, 15) is 9.59 Å². The van der Waals surface area contributed by atoms with Crippen molar-refractivity contribution in [3.8, 4) is 0 Å². The van der Waals surface area contributed by atoms with Crippen molar-refractivity contribution in [1.29, 1.82) is 0 Å². The summed E-state index contributed by atoms with van der Waals surface area (Å²) in [6.45, 7) is 3.72. The summed E-state index contributed by atoms with van der Waals surface area (Å²) in [6.07, 6.45) is 5.46. The fourth-order valence-electron chi connectivity index (χ4n) is 1.46. The molecular formula is C12H23NO2. The van der Waals surface area contributed by atoms with Crippen molar-refractivity contribution in [3.05, 3.63) is 0 Å². The third-order valence-corrected chi connectivity index (χ3v) is 2.63. The van der Waals surface area contributed by atoms with Gasteiger partial charge in [0.05, 0.1) is 6.04 Å². The molecule has 1 unspecified atom stereocenters. The third-order valence-electron chi connectivity index (χ3n) is 2.63. The average Bonchev–Trinajstić information content (AvgIpc) is 2.26. The van der Waals surface area contributed by atoms with Gasteiger partial charge in [0, 0.05) is 19.3 Å². The van der Waals surface area contributed by atoms with E-state index in [1.807, 2.05) is 13.8 Å². The minimum absolute atomic E-state index is 0.139. The van der Waals surface area contributed by atoms with Crippen LogP contribution in [0.2, 0.25) is 0 Å². The second kappa shape index (κ2) is 8.60. The Bertz CT molecular complexity index is 202. The summed E-state index contributed by atoms with van der Waals surface area (Å²) in [6, 6.07) is -0.295. The fourth-order valence-corrected chi connectivity index (χ4v) is 1.46. The summed E-state index contributed by atoms with van der Waals surface area (Å²) >= 11 is 0. The first-order valence-electron chi connectivity index (χ1n) is 5.91. The highest BCUT2D eigenvalue weighted by Crippen LogP contribution is 2.07. The maximum Gasteiger partial charge on any atom is 0.149 e. The molecule has 0 rings (SSSR count). The first kappa shape index (κ1) is 14.3. The second-order valence-electron chi connectivity index (χ2n) is 3.92. The van der Waals surface area contributed by atoms with Crippen LogP contribution in [0, 0.1) is 0 Å². The van der Waals surface area contributed by atoms with E-state index >= 15 is 0 Å². The van der Waals surface area contributed by atoms with Crippen LogP contribution in [0.4, 0.5) is 0 Å². The lowest BCUT2D eigenvalue weighted by atomic mass is 10.0. The van der Waals surface area contributed by atoms with Gasteiger partial charge < -0.3 is 5.73 Å². The lowest BCUT2D eigenvalue weighted by Crippen LogP contribution is -2.29. The zero-order valence-electron chi connectivity index (χ0n) is 9.92. The molecular weight excluding hydrogens is 190 g/mol. The van der Waals surface area contributed by atoms with Gasteiger partial charge in [0.25, 0.3) is 0 Å². The van der Waals surface area contributed by atoms with Gasteiger partial charge >= 0.3 is 0 Å². The number of hydrogen-bond acceptors (Lipinski definition) is 3. The lowest BCUT2D eigenvalue weighted by Gasteiger charge is -2.08. The molecule has 0 heterocycles. The van der Waals surface area contributed by atoms with Crippen LogP contribution in [0.15, 0.2) is 0 Å². The van der Waals surface area contributed by atoms with Crippen LogP contribution in [0.1, 0.15) is 58.8 Å². The minimum atomic E-state index is -0.295. The molecule has 0 aromatic carbocycles. The Morgan fingerprint density at radius 3 is 2.27 bits per heavy atom. The molecule has 0 aromatic rings. The van der Waals surface area contributed by atoms with Crippen molar-refractivity contribution in [3.63, 3.8) is 0 Å². The number of carbonyl (C=O) groups excluding carboxylic acids is 2. The first-order chi connectivity index (χ1) is 7.11. The topological polar surface area (TPSA) is 60.2 Å². The molecule has 0 bridgehead atoms. The predicted octanol–water partition coefficient (Wildman–Crippen LogP) is 2.22. The molecule has 15 heavy (non-hydrogen) atoms. The maximum absolute atomic E-state index is 11.2. The molecule has 0 aromatic heterocycles. The Kier molecular flexibility index (Phi) is 8.19. The summed E-state index contributed by atoms with van der Waals surface area (Å²) in [4.78, 5) is 22.1. The SMILES string of the molecule is CCC(=O)CCCCCC(N)C(=O)CC. The van der Waals surface area contributed by atoms with Gasteiger partial charge in [-0.05, 0) is 12.8 Å². The van der Waals surface area contributed by atoms with Crippen LogP contribution in [0.3, 0.4) is 0 Å². The van der Waals surface area contributed by atoms with E-state index in [4.69, 9.17) is 5.73 Å². The van der Waals surface area contributed by atoms with Crippen LogP contribution in [-0.2, 0) is 9.59 Å².